The number of imidazole rings is 2. The summed E-state index contributed by atoms with van der Waals surface area (Å²) in [7, 11) is 0. The molecule has 0 spiro atoms. The summed E-state index contributed by atoms with van der Waals surface area (Å²) < 4.78 is 11.7. The van der Waals surface area contributed by atoms with Crippen molar-refractivity contribution in [1.82, 2.24) is 19.1 Å². The third-order valence-corrected chi connectivity index (χ3v) is 10.9. The van der Waals surface area contributed by atoms with Gasteiger partial charge in [0, 0.05) is 22.0 Å². The number of fused-ring (bicyclic) bond motifs is 6. The molecule has 7 aromatic carbocycles. The molecule has 10 aromatic rings. The van der Waals surface area contributed by atoms with Crippen molar-refractivity contribution in [2.45, 2.75) is 39.5 Å². The Labute approximate surface area is 320 Å². The number of benzene rings is 7. The summed E-state index contributed by atoms with van der Waals surface area (Å²) in [5.74, 6) is 2.26. The molecule has 5 heteroatoms. The highest BCUT2D eigenvalue weighted by molar-refractivity contribution is 6.16. The molecule has 0 aliphatic heterocycles. The molecule has 3 aromatic heterocycles. The van der Waals surface area contributed by atoms with Crippen LogP contribution in [0.3, 0.4) is 0 Å². The molecule has 0 saturated carbocycles. The van der Waals surface area contributed by atoms with Crippen LogP contribution in [0.2, 0.25) is 0 Å². The number of hydrogen-bond donors (Lipinski definition) is 0. The van der Waals surface area contributed by atoms with E-state index in [1.165, 1.54) is 27.9 Å². The van der Waals surface area contributed by atoms with Crippen molar-refractivity contribution in [3.63, 3.8) is 0 Å². The van der Waals surface area contributed by atoms with Crippen LogP contribution in [0.15, 0.2) is 162 Å². The lowest BCUT2D eigenvalue weighted by Crippen LogP contribution is -2.09. The molecule has 0 amide bonds. The SMILES string of the molecule is CC(C)c1cc(-c2ccccc2)cc(C(C)C)c1-n1c(-c2cccc3c2oc2c3ccc3c2nc(-c2ccccc2)n3-c2ccccc2)nc2ccccc21. The number of aromatic nitrogens is 4. The van der Waals surface area contributed by atoms with Crippen molar-refractivity contribution in [3.8, 4) is 45.3 Å². The number of nitrogens with zero attached hydrogens (tertiary/aromatic N) is 4. The molecule has 0 aliphatic carbocycles. The van der Waals surface area contributed by atoms with Crippen LogP contribution in [0.4, 0.5) is 0 Å². The Balaban J connectivity index is 1.26. The van der Waals surface area contributed by atoms with Crippen LogP contribution in [-0.2, 0) is 0 Å². The first-order valence-electron chi connectivity index (χ1n) is 19.1. The van der Waals surface area contributed by atoms with Crippen LogP contribution in [-0.4, -0.2) is 19.1 Å². The maximum Gasteiger partial charge on any atom is 0.163 e. The van der Waals surface area contributed by atoms with Crippen molar-refractivity contribution in [2.24, 2.45) is 0 Å². The molecule has 55 heavy (non-hydrogen) atoms. The largest absolute Gasteiger partial charge is 0.453 e. The van der Waals surface area contributed by atoms with Gasteiger partial charge in [0.05, 0.1) is 27.8 Å². The minimum atomic E-state index is 0.263. The van der Waals surface area contributed by atoms with Crippen LogP contribution >= 0.6 is 0 Å². The van der Waals surface area contributed by atoms with E-state index in [0.29, 0.717) is 0 Å². The lowest BCUT2D eigenvalue weighted by Gasteiger charge is -2.24. The number of rotatable bonds is 7. The third kappa shape index (κ3) is 5.30. The molecule has 0 fully saturated rings. The first-order chi connectivity index (χ1) is 27.0. The zero-order valence-electron chi connectivity index (χ0n) is 31.4. The fourth-order valence-electron chi connectivity index (χ4n) is 8.24. The molecule has 10 rings (SSSR count). The molecule has 0 saturated heterocycles. The fourth-order valence-corrected chi connectivity index (χ4v) is 8.24. The van der Waals surface area contributed by atoms with Crippen molar-refractivity contribution in [3.05, 3.63) is 169 Å². The Morgan fingerprint density at radius 1 is 0.473 bits per heavy atom. The molecule has 3 heterocycles. The molecule has 0 unspecified atom stereocenters. The molecule has 0 atom stereocenters. The Bertz CT molecular complexity index is 2990. The van der Waals surface area contributed by atoms with E-state index >= 15 is 0 Å². The summed E-state index contributed by atoms with van der Waals surface area (Å²) in [5.41, 5.74) is 14.7. The molecule has 0 aliphatic rings. The highest BCUT2D eigenvalue weighted by atomic mass is 16.3. The average molecular weight is 713 g/mol. The predicted molar refractivity (Wildman–Crippen MR) is 227 cm³/mol. The zero-order valence-corrected chi connectivity index (χ0v) is 31.4. The molecular weight excluding hydrogens is 673 g/mol. The van der Waals surface area contributed by atoms with E-state index in [2.05, 4.69) is 182 Å². The van der Waals surface area contributed by atoms with Crippen LogP contribution in [0.1, 0.15) is 50.7 Å². The monoisotopic (exact) mass is 712 g/mol. The van der Waals surface area contributed by atoms with Gasteiger partial charge < -0.3 is 4.42 Å². The van der Waals surface area contributed by atoms with Gasteiger partial charge in [-0.05, 0) is 88.7 Å². The van der Waals surface area contributed by atoms with E-state index < -0.39 is 0 Å². The van der Waals surface area contributed by atoms with Gasteiger partial charge in [-0.3, -0.25) is 9.13 Å². The van der Waals surface area contributed by atoms with E-state index in [1.807, 2.05) is 12.1 Å². The number of hydrogen-bond acceptors (Lipinski definition) is 3. The zero-order chi connectivity index (χ0) is 37.2. The lowest BCUT2D eigenvalue weighted by atomic mass is 9.88. The van der Waals surface area contributed by atoms with Crippen molar-refractivity contribution < 1.29 is 4.42 Å². The van der Waals surface area contributed by atoms with Gasteiger partial charge >= 0.3 is 0 Å². The highest BCUT2D eigenvalue weighted by Crippen LogP contribution is 2.44. The van der Waals surface area contributed by atoms with Crippen LogP contribution in [0.5, 0.6) is 0 Å². The standard InChI is InChI=1S/C50H40N4O/c1-31(2)40-29-35(33-17-8-5-9-18-33)30-41(32(3)4)46(40)54-43-26-15-14-25-42(43)51-50(54)39-24-16-23-37-38-27-28-44-45(48(38)55-47(37)39)52-49(34-19-10-6-11-20-34)53(44)36-21-12-7-13-22-36/h5-32H,1-4H3. The molecule has 0 N–H and O–H groups in total. The van der Waals surface area contributed by atoms with Crippen LogP contribution in [0, 0.1) is 0 Å². The van der Waals surface area contributed by atoms with Gasteiger partial charge in [-0.25, -0.2) is 9.97 Å². The van der Waals surface area contributed by atoms with Crippen LogP contribution in [0.25, 0.3) is 89.3 Å². The Morgan fingerprint density at radius 2 is 1.09 bits per heavy atom. The second-order valence-corrected chi connectivity index (χ2v) is 15.0. The summed E-state index contributed by atoms with van der Waals surface area (Å²) in [5, 5.41) is 2.07. The van der Waals surface area contributed by atoms with E-state index in [9.17, 15) is 0 Å². The second kappa shape index (κ2) is 13.0. The number of furan rings is 1. The van der Waals surface area contributed by atoms with Gasteiger partial charge in [-0.2, -0.15) is 0 Å². The highest BCUT2D eigenvalue weighted by Gasteiger charge is 2.26. The maximum atomic E-state index is 7.08. The summed E-state index contributed by atoms with van der Waals surface area (Å²) in [6, 6.07) is 55.6. The molecule has 0 bridgehead atoms. The van der Waals surface area contributed by atoms with Gasteiger partial charge in [0.15, 0.2) is 5.58 Å². The maximum absolute atomic E-state index is 7.08. The van der Waals surface area contributed by atoms with Crippen molar-refractivity contribution in [2.75, 3.05) is 0 Å². The first kappa shape index (κ1) is 32.9. The van der Waals surface area contributed by atoms with E-state index in [0.717, 1.165) is 72.5 Å². The molecule has 5 nitrogen and oxygen atoms in total. The van der Waals surface area contributed by atoms with Crippen LogP contribution < -0.4 is 0 Å². The Morgan fingerprint density at radius 3 is 1.78 bits per heavy atom. The normalized spacial score (nSPS) is 12.0. The van der Waals surface area contributed by atoms with Gasteiger partial charge in [-0.15, -0.1) is 0 Å². The van der Waals surface area contributed by atoms with Gasteiger partial charge in [0.1, 0.15) is 22.7 Å². The minimum Gasteiger partial charge on any atom is -0.453 e. The topological polar surface area (TPSA) is 48.8 Å². The van der Waals surface area contributed by atoms with E-state index in [4.69, 9.17) is 14.4 Å². The summed E-state index contributed by atoms with van der Waals surface area (Å²) in [6.07, 6.45) is 0. The van der Waals surface area contributed by atoms with E-state index in [-0.39, 0.29) is 11.8 Å². The summed E-state index contributed by atoms with van der Waals surface area (Å²) in [6.45, 7) is 9.17. The average Bonchev–Trinajstić information content (AvgIpc) is 3.93. The summed E-state index contributed by atoms with van der Waals surface area (Å²) >= 11 is 0. The van der Waals surface area contributed by atoms with Crippen molar-refractivity contribution in [1.29, 1.82) is 0 Å². The minimum absolute atomic E-state index is 0.263. The van der Waals surface area contributed by atoms with Crippen molar-refractivity contribution >= 4 is 44.0 Å². The third-order valence-electron chi connectivity index (χ3n) is 10.9. The van der Waals surface area contributed by atoms with Gasteiger partial charge in [-0.1, -0.05) is 131 Å². The quantitative estimate of drug-likeness (QED) is 0.165. The summed E-state index contributed by atoms with van der Waals surface area (Å²) in [4.78, 5) is 10.7. The Hall–Kier alpha value is -6.72. The predicted octanol–water partition coefficient (Wildman–Crippen LogP) is 13.5. The molecule has 266 valence electrons. The molecular formula is C50H40N4O. The first-order valence-corrected chi connectivity index (χ1v) is 19.1. The van der Waals surface area contributed by atoms with Gasteiger partial charge in [0.25, 0.3) is 0 Å². The lowest BCUT2D eigenvalue weighted by molar-refractivity contribution is 0.672. The number of para-hydroxylation sites is 4. The van der Waals surface area contributed by atoms with Gasteiger partial charge in [0.2, 0.25) is 0 Å². The fraction of sp³-hybridized carbons (Fsp3) is 0.120. The smallest absolute Gasteiger partial charge is 0.163 e. The van der Waals surface area contributed by atoms with E-state index in [1.54, 1.807) is 0 Å². The Kier molecular flexibility index (Phi) is 7.77. The second-order valence-electron chi connectivity index (χ2n) is 15.0. The molecule has 0 radical (unpaired) electrons.